The van der Waals surface area contributed by atoms with E-state index in [2.05, 4.69) is 55.3 Å². The van der Waals surface area contributed by atoms with Gasteiger partial charge in [0.25, 0.3) is 0 Å². The maximum atomic E-state index is 4.41. The van der Waals surface area contributed by atoms with Gasteiger partial charge in [0, 0.05) is 11.2 Å². The molecule has 1 aromatic carbocycles. The number of allylic oxidation sites excluding steroid dienone is 2. The first-order chi connectivity index (χ1) is 9.28. The van der Waals surface area contributed by atoms with E-state index in [0.29, 0.717) is 0 Å². The van der Waals surface area contributed by atoms with Gasteiger partial charge in [-0.1, -0.05) is 75.6 Å². The average molecular weight is 272 g/mol. The van der Waals surface area contributed by atoms with Gasteiger partial charge in [-0.15, -0.1) is 11.8 Å². The van der Waals surface area contributed by atoms with Crippen molar-refractivity contribution in [2.75, 3.05) is 5.75 Å². The van der Waals surface area contributed by atoms with Gasteiger partial charge in [0.05, 0.1) is 0 Å². The number of thioether (sulfide) groups is 1. The SMILES string of the molecule is C=C(c1ccccc1)C1(CCCCCC)C=CSC1. The van der Waals surface area contributed by atoms with E-state index in [4.69, 9.17) is 0 Å². The first kappa shape index (κ1) is 14.5. The second-order valence-corrected chi connectivity index (χ2v) is 6.32. The third-order valence-corrected chi connectivity index (χ3v) is 5.03. The van der Waals surface area contributed by atoms with Crippen LogP contribution in [0.3, 0.4) is 0 Å². The van der Waals surface area contributed by atoms with Gasteiger partial charge in [-0.2, -0.15) is 0 Å². The van der Waals surface area contributed by atoms with E-state index >= 15 is 0 Å². The second-order valence-electron chi connectivity index (χ2n) is 5.43. The van der Waals surface area contributed by atoms with Crippen LogP contribution >= 0.6 is 11.8 Å². The molecule has 1 unspecified atom stereocenters. The third kappa shape index (κ3) is 3.54. The summed E-state index contributed by atoms with van der Waals surface area (Å²) < 4.78 is 0. The van der Waals surface area contributed by atoms with Crippen LogP contribution in [-0.2, 0) is 0 Å². The second kappa shape index (κ2) is 7.00. The lowest BCUT2D eigenvalue weighted by molar-refractivity contribution is 0.488. The third-order valence-electron chi connectivity index (χ3n) is 4.02. The molecule has 0 spiro atoms. The smallest absolute Gasteiger partial charge is 0.0234 e. The van der Waals surface area contributed by atoms with Gasteiger partial charge in [0.2, 0.25) is 0 Å². The molecule has 1 atom stereocenters. The highest BCUT2D eigenvalue weighted by atomic mass is 32.2. The fourth-order valence-corrected chi connectivity index (χ4v) is 3.88. The van der Waals surface area contributed by atoms with Crippen LogP contribution in [0.2, 0.25) is 0 Å². The molecule has 0 radical (unpaired) electrons. The minimum atomic E-state index is 0.194. The summed E-state index contributed by atoms with van der Waals surface area (Å²) in [5.41, 5.74) is 2.79. The molecule has 0 aromatic heterocycles. The summed E-state index contributed by atoms with van der Waals surface area (Å²) in [4.78, 5) is 0. The lowest BCUT2D eigenvalue weighted by atomic mass is 9.75. The molecule has 0 nitrogen and oxygen atoms in total. The van der Waals surface area contributed by atoms with Gasteiger partial charge in [0.15, 0.2) is 0 Å². The molecule has 0 fully saturated rings. The number of unbranched alkanes of at least 4 members (excludes halogenated alkanes) is 3. The van der Waals surface area contributed by atoms with E-state index in [9.17, 15) is 0 Å². The van der Waals surface area contributed by atoms with Crippen LogP contribution in [-0.4, -0.2) is 5.75 Å². The molecule has 0 N–H and O–H groups in total. The molecule has 19 heavy (non-hydrogen) atoms. The van der Waals surface area contributed by atoms with E-state index in [1.807, 2.05) is 11.8 Å². The average Bonchev–Trinajstić information content (AvgIpc) is 2.94. The summed E-state index contributed by atoms with van der Waals surface area (Å²) in [6.07, 6.45) is 8.94. The fourth-order valence-electron chi connectivity index (χ4n) is 2.71. The predicted octanol–water partition coefficient (Wildman–Crippen LogP) is 5.92. The normalized spacial score (nSPS) is 21.7. The van der Waals surface area contributed by atoms with E-state index < -0.39 is 0 Å². The highest BCUT2D eigenvalue weighted by molar-refractivity contribution is 8.02. The largest absolute Gasteiger partial charge is 0.133 e. The first-order valence-electron chi connectivity index (χ1n) is 7.32. The van der Waals surface area contributed by atoms with Crippen LogP contribution < -0.4 is 0 Å². The van der Waals surface area contributed by atoms with Gasteiger partial charge < -0.3 is 0 Å². The summed E-state index contributed by atoms with van der Waals surface area (Å²) in [6, 6.07) is 10.7. The lowest BCUT2D eigenvalue weighted by Crippen LogP contribution is -2.20. The van der Waals surface area contributed by atoms with Crippen molar-refractivity contribution < 1.29 is 0 Å². The predicted molar refractivity (Wildman–Crippen MR) is 88.3 cm³/mol. The molecule has 0 saturated heterocycles. The Morgan fingerprint density at radius 2 is 2.00 bits per heavy atom. The zero-order valence-electron chi connectivity index (χ0n) is 11.9. The lowest BCUT2D eigenvalue weighted by Gasteiger charge is -2.30. The van der Waals surface area contributed by atoms with Crippen molar-refractivity contribution in [1.29, 1.82) is 0 Å². The van der Waals surface area contributed by atoms with E-state index in [1.54, 1.807) is 0 Å². The number of benzene rings is 1. The van der Waals surface area contributed by atoms with Crippen LogP contribution in [0.15, 0.2) is 48.4 Å². The molecular weight excluding hydrogens is 248 g/mol. The van der Waals surface area contributed by atoms with Crippen molar-refractivity contribution in [3.8, 4) is 0 Å². The summed E-state index contributed by atoms with van der Waals surface area (Å²) in [5.74, 6) is 1.16. The molecule has 1 aliphatic rings. The van der Waals surface area contributed by atoms with E-state index in [0.717, 1.165) is 5.75 Å². The zero-order chi connectivity index (χ0) is 13.6. The molecule has 1 heteroatoms. The number of hydrogen-bond donors (Lipinski definition) is 0. The summed E-state index contributed by atoms with van der Waals surface area (Å²) in [5, 5.41) is 2.26. The Kier molecular flexibility index (Phi) is 5.33. The van der Waals surface area contributed by atoms with Crippen molar-refractivity contribution in [3.63, 3.8) is 0 Å². The molecule has 0 aliphatic carbocycles. The first-order valence-corrected chi connectivity index (χ1v) is 8.37. The van der Waals surface area contributed by atoms with Crippen molar-refractivity contribution in [2.45, 2.75) is 39.0 Å². The zero-order valence-corrected chi connectivity index (χ0v) is 12.7. The van der Waals surface area contributed by atoms with Crippen LogP contribution in [0.1, 0.15) is 44.6 Å². The molecule has 2 rings (SSSR count). The fraction of sp³-hybridized carbons (Fsp3) is 0.444. The molecule has 0 saturated carbocycles. The summed E-state index contributed by atoms with van der Waals surface area (Å²) >= 11 is 1.93. The molecule has 0 amide bonds. The Balaban J connectivity index is 2.07. The number of rotatable bonds is 7. The van der Waals surface area contributed by atoms with Crippen molar-refractivity contribution in [2.24, 2.45) is 5.41 Å². The Morgan fingerprint density at radius 1 is 1.21 bits per heavy atom. The van der Waals surface area contributed by atoms with Gasteiger partial charge in [-0.25, -0.2) is 0 Å². The highest BCUT2D eigenvalue weighted by Gasteiger charge is 2.33. The standard InChI is InChI=1S/C18H24S/c1-3-4-5-9-12-18(13-14-19-15-18)16(2)17-10-7-6-8-11-17/h6-8,10-11,13-14H,2-5,9,12,15H2,1H3. The summed E-state index contributed by atoms with van der Waals surface area (Å²) in [6.45, 7) is 6.68. The van der Waals surface area contributed by atoms with E-state index in [1.165, 1.54) is 43.2 Å². The molecule has 1 aromatic rings. The molecule has 1 heterocycles. The topological polar surface area (TPSA) is 0 Å². The Labute approximate surface area is 122 Å². The van der Waals surface area contributed by atoms with Gasteiger partial charge in [-0.3, -0.25) is 0 Å². The van der Waals surface area contributed by atoms with Crippen LogP contribution in [0, 0.1) is 5.41 Å². The maximum Gasteiger partial charge on any atom is 0.0234 e. The van der Waals surface area contributed by atoms with Gasteiger partial charge in [0.1, 0.15) is 0 Å². The summed E-state index contributed by atoms with van der Waals surface area (Å²) in [7, 11) is 0. The van der Waals surface area contributed by atoms with Crippen LogP contribution in [0.5, 0.6) is 0 Å². The van der Waals surface area contributed by atoms with Crippen LogP contribution in [0.25, 0.3) is 5.57 Å². The molecular formula is C18H24S. The molecule has 0 bridgehead atoms. The molecule has 102 valence electrons. The van der Waals surface area contributed by atoms with E-state index in [-0.39, 0.29) is 5.41 Å². The van der Waals surface area contributed by atoms with Gasteiger partial charge >= 0.3 is 0 Å². The monoisotopic (exact) mass is 272 g/mol. The quantitative estimate of drug-likeness (QED) is 0.555. The maximum absolute atomic E-state index is 4.41. The molecule has 1 aliphatic heterocycles. The van der Waals surface area contributed by atoms with Crippen molar-refractivity contribution in [1.82, 2.24) is 0 Å². The van der Waals surface area contributed by atoms with Crippen molar-refractivity contribution in [3.05, 3.63) is 54.0 Å². The van der Waals surface area contributed by atoms with Gasteiger partial charge in [-0.05, 0) is 23.0 Å². The Bertz CT molecular complexity index is 432. The minimum Gasteiger partial charge on any atom is -0.133 e. The minimum absolute atomic E-state index is 0.194. The Morgan fingerprint density at radius 3 is 2.63 bits per heavy atom. The number of hydrogen-bond acceptors (Lipinski definition) is 1. The highest BCUT2D eigenvalue weighted by Crippen LogP contribution is 2.46. The van der Waals surface area contributed by atoms with Crippen LogP contribution in [0.4, 0.5) is 0 Å². The Hall–Kier alpha value is -0.950. The van der Waals surface area contributed by atoms with Crippen molar-refractivity contribution >= 4 is 17.3 Å².